The van der Waals surface area contributed by atoms with Crippen LogP contribution >= 0.6 is 0 Å². The SMILES string of the molecule is CC(C)(C)C(Oc1ccccc1)(Oc1ccccc1)Oc1ccccc1. The lowest BCUT2D eigenvalue weighted by atomic mass is 9.92. The molecule has 0 saturated heterocycles. The number of hydrogen-bond donors (Lipinski definition) is 0. The Labute approximate surface area is 155 Å². The van der Waals surface area contributed by atoms with Gasteiger partial charge >= 0.3 is 5.97 Å². The zero-order valence-corrected chi connectivity index (χ0v) is 15.4. The van der Waals surface area contributed by atoms with Gasteiger partial charge in [0.05, 0.1) is 5.41 Å². The Morgan fingerprint density at radius 2 is 0.731 bits per heavy atom. The van der Waals surface area contributed by atoms with E-state index in [0.717, 1.165) is 0 Å². The van der Waals surface area contributed by atoms with Crippen LogP contribution in [0.25, 0.3) is 0 Å². The Bertz CT molecular complexity index is 692. The van der Waals surface area contributed by atoms with Gasteiger partial charge in [0.1, 0.15) is 17.2 Å². The Kier molecular flexibility index (Phi) is 5.17. The summed E-state index contributed by atoms with van der Waals surface area (Å²) >= 11 is 0. The molecule has 0 aliphatic carbocycles. The van der Waals surface area contributed by atoms with Gasteiger partial charge in [0.25, 0.3) is 0 Å². The molecule has 0 aliphatic heterocycles. The van der Waals surface area contributed by atoms with E-state index in [4.69, 9.17) is 14.2 Å². The first-order chi connectivity index (χ1) is 12.5. The van der Waals surface area contributed by atoms with E-state index in [1.54, 1.807) is 0 Å². The molecule has 0 bridgehead atoms. The first kappa shape index (κ1) is 17.9. The maximum absolute atomic E-state index is 6.33. The Hall–Kier alpha value is -2.94. The highest BCUT2D eigenvalue weighted by Crippen LogP contribution is 2.39. The first-order valence-electron chi connectivity index (χ1n) is 8.71. The minimum Gasteiger partial charge on any atom is -0.420 e. The molecule has 0 saturated carbocycles. The molecule has 134 valence electrons. The molecule has 0 unspecified atom stereocenters. The van der Waals surface area contributed by atoms with Crippen molar-refractivity contribution in [2.45, 2.75) is 26.7 Å². The second kappa shape index (κ2) is 7.52. The molecule has 0 amide bonds. The summed E-state index contributed by atoms with van der Waals surface area (Å²) in [7, 11) is 0. The van der Waals surface area contributed by atoms with E-state index in [1.165, 1.54) is 0 Å². The molecule has 3 aromatic carbocycles. The van der Waals surface area contributed by atoms with Crippen LogP contribution in [-0.2, 0) is 0 Å². The summed E-state index contributed by atoms with van der Waals surface area (Å²) in [6, 6.07) is 28.7. The fourth-order valence-corrected chi connectivity index (χ4v) is 2.45. The van der Waals surface area contributed by atoms with Crippen molar-refractivity contribution in [3.63, 3.8) is 0 Å². The van der Waals surface area contributed by atoms with Crippen molar-refractivity contribution >= 4 is 0 Å². The molecule has 0 aliphatic rings. The lowest BCUT2D eigenvalue weighted by Crippen LogP contribution is -2.58. The van der Waals surface area contributed by atoms with Crippen LogP contribution in [0, 0.1) is 5.41 Å². The quantitative estimate of drug-likeness (QED) is 0.517. The van der Waals surface area contributed by atoms with Gasteiger partial charge in [-0.05, 0) is 57.2 Å². The molecule has 3 rings (SSSR count). The Balaban J connectivity index is 2.04. The van der Waals surface area contributed by atoms with Crippen LogP contribution in [0.1, 0.15) is 20.8 Å². The summed E-state index contributed by atoms with van der Waals surface area (Å²) in [5.41, 5.74) is -0.492. The van der Waals surface area contributed by atoms with Crippen LogP contribution < -0.4 is 14.2 Å². The summed E-state index contributed by atoms with van der Waals surface area (Å²) in [5.74, 6) is 0.676. The van der Waals surface area contributed by atoms with Gasteiger partial charge in [0.2, 0.25) is 0 Å². The van der Waals surface area contributed by atoms with E-state index in [-0.39, 0.29) is 0 Å². The molecule has 26 heavy (non-hydrogen) atoms. The topological polar surface area (TPSA) is 27.7 Å². The van der Waals surface area contributed by atoms with Gasteiger partial charge in [-0.15, -0.1) is 0 Å². The molecule has 3 aromatic rings. The van der Waals surface area contributed by atoms with Crippen molar-refractivity contribution in [3.8, 4) is 17.2 Å². The molecule has 0 heterocycles. The van der Waals surface area contributed by atoms with E-state index in [0.29, 0.717) is 17.2 Å². The molecule has 0 aromatic heterocycles. The van der Waals surface area contributed by atoms with E-state index in [1.807, 2.05) is 112 Å². The van der Waals surface area contributed by atoms with Crippen LogP contribution in [0.3, 0.4) is 0 Å². The average Bonchev–Trinajstić information content (AvgIpc) is 2.63. The Morgan fingerprint density at radius 1 is 0.462 bits per heavy atom. The van der Waals surface area contributed by atoms with Crippen molar-refractivity contribution in [3.05, 3.63) is 91.0 Å². The van der Waals surface area contributed by atoms with Crippen molar-refractivity contribution < 1.29 is 14.2 Å². The Morgan fingerprint density at radius 3 is 0.962 bits per heavy atom. The molecule has 3 heteroatoms. The van der Waals surface area contributed by atoms with Crippen LogP contribution in [0.15, 0.2) is 91.0 Å². The van der Waals surface area contributed by atoms with Gasteiger partial charge in [-0.3, -0.25) is 0 Å². The van der Waals surface area contributed by atoms with Crippen LogP contribution in [0.2, 0.25) is 0 Å². The highest BCUT2D eigenvalue weighted by atomic mass is 16.9. The third-order valence-corrected chi connectivity index (χ3v) is 3.90. The molecular weight excluding hydrogens is 324 g/mol. The summed E-state index contributed by atoms with van der Waals surface area (Å²) in [6.45, 7) is 6.09. The van der Waals surface area contributed by atoms with Gasteiger partial charge in [-0.1, -0.05) is 54.6 Å². The number of benzene rings is 3. The zero-order chi connectivity index (χ0) is 18.5. The van der Waals surface area contributed by atoms with Crippen molar-refractivity contribution in [2.24, 2.45) is 5.41 Å². The summed E-state index contributed by atoms with van der Waals surface area (Å²) in [5, 5.41) is 0. The molecule has 0 fully saturated rings. The number of para-hydroxylation sites is 3. The maximum Gasteiger partial charge on any atom is 0.422 e. The van der Waals surface area contributed by atoms with Gasteiger partial charge < -0.3 is 14.2 Å². The predicted molar refractivity (Wildman–Crippen MR) is 103 cm³/mol. The largest absolute Gasteiger partial charge is 0.422 e. The fraction of sp³-hybridized carbons (Fsp3) is 0.217. The van der Waals surface area contributed by atoms with Crippen molar-refractivity contribution in [1.82, 2.24) is 0 Å². The monoisotopic (exact) mass is 348 g/mol. The van der Waals surface area contributed by atoms with Crippen LogP contribution in [0.4, 0.5) is 0 Å². The molecule has 0 atom stereocenters. The van der Waals surface area contributed by atoms with Crippen LogP contribution in [-0.4, -0.2) is 5.97 Å². The first-order valence-corrected chi connectivity index (χ1v) is 8.71. The third-order valence-electron chi connectivity index (χ3n) is 3.90. The zero-order valence-electron chi connectivity index (χ0n) is 15.4. The smallest absolute Gasteiger partial charge is 0.420 e. The maximum atomic E-state index is 6.33. The van der Waals surface area contributed by atoms with E-state index in [2.05, 4.69) is 0 Å². The second-order valence-electron chi connectivity index (χ2n) is 7.05. The minimum atomic E-state index is -1.35. The highest BCUT2D eigenvalue weighted by molar-refractivity contribution is 5.27. The third kappa shape index (κ3) is 4.17. The summed E-state index contributed by atoms with van der Waals surface area (Å²) in [6.07, 6.45) is 0. The lowest BCUT2D eigenvalue weighted by molar-refractivity contribution is -0.308. The highest BCUT2D eigenvalue weighted by Gasteiger charge is 2.51. The van der Waals surface area contributed by atoms with Gasteiger partial charge in [-0.25, -0.2) is 0 Å². The summed E-state index contributed by atoms with van der Waals surface area (Å²) < 4.78 is 19.0. The normalized spacial score (nSPS) is 11.7. The van der Waals surface area contributed by atoms with Gasteiger partial charge in [-0.2, -0.15) is 0 Å². The van der Waals surface area contributed by atoms with E-state index >= 15 is 0 Å². The van der Waals surface area contributed by atoms with Crippen molar-refractivity contribution in [2.75, 3.05) is 0 Å². The second-order valence-corrected chi connectivity index (χ2v) is 7.05. The van der Waals surface area contributed by atoms with Crippen LogP contribution in [0.5, 0.6) is 17.2 Å². The molecule has 0 radical (unpaired) electrons. The number of rotatable bonds is 6. The van der Waals surface area contributed by atoms with Gasteiger partial charge in [0.15, 0.2) is 0 Å². The standard InChI is InChI=1S/C23H24O3/c1-22(2,3)23(24-19-13-7-4-8-14-19,25-20-15-9-5-10-16-20)26-21-17-11-6-12-18-21/h4-18H,1-3H3. The molecule has 0 N–H and O–H groups in total. The lowest BCUT2D eigenvalue weighted by Gasteiger charge is -2.42. The number of ether oxygens (including phenoxy) is 3. The molecular formula is C23H24O3. The van der Waals surface area contributed by atoms with Gasteiger partial charge in [0, 0.05) is 0 Å². The number of hydrogen-bond acceptors (Lipinski definition) is 3. The van der Waals surface area contributed by atoms with Crippen molar-refractivity contribution in [1.29, 1.82) is 0 Å². The summed E-state index contributed by atoms with van der Waals surface area (Å²) in [4.78, 5) is 0. The molecule has 0 spiro atoms. The minimum absolute atomic E-state index is 0.492. The predicted octanol–water partition coefficient (Wildman–Crippen LogP) is 5.92. The fourth-order valence-electron chi connectivity index (χ4n) is 2.45. The van der Waals surface area contributed by atoms with E-state index < -0.39 is 11.4 Å². The molecule has 3 nitrogen and oxygen atoms in total. The van der Waals surface area contributed by atoms with E-state index in [9.17, 15) is 0 Å². The average molecular weight is 348 g/mol.